The first kappa shape index (κ1) is 14.7. The molecule has 0 saturated carbocycles. The molecule has 2 nitrogen and oxygen atoms in total. The van der Waals surface area contributed by atoms with Crippen LogP contribution in [0.15, 0.2) is 28.7 Å². The topological polar surface area (TPSA) is 26.3 Å². The van der Waals surface area contributed by atoms with Gasteiger partial charge in [0.2, 0.25) is 0 Å². The van der Waals surface area contributed by atoms with Crippen LogP contribution in [-0.2, 0) is 16.0 Å². The third-order valence-electron chi connectivity index (χ3n) is 2.24. The Hall–Kier alpha value is -0.350. The van der Waals surface area contributed by atoms with Crippen LogP contribution >= 0.6 is 31.9 Å². The van der Waals surface area contributed by atoms with Gasteiger partial charge in [-0.15, -0.1) is 0 Å². The van der Waals surface area contributed by atoms with Gasteiger partial charge in [0.15, 0.2) is 0 Å². The van der Waals surface area contributed by atoms with Gasteiger partial charge in [-0.3, -0.25) is 4.79 Å². The van der Waals surface area contributed by atoms with Gasteiger partial charge in [-0.2, -0.15) is 0 Å². The van der Waals surface area contributed by atoms with Gasteiger partial charge >= 0.3 is 5.97 Å². The molecule has 0 aliphatic carbocycles. The minimum Gasteiger partial charge on any atom is -0.458 e. The zero-order chi connectivity index (χ0) is 13.1. The maximum atomic E-state index is 11.5. The summed E-state index contributed by atoms with van der Waals surface area (Å²) in [7, 11) is 0. The monoisotopic (exact) mass is 362 g/mol. The summed E-state index contributed by atoms with van der Waals surface area (Å²) in [6.45, 7) is 5.60. The number of hydrogen-bond donors (Lipinski definition) is 0. The molecule has 17 heavy (non-hydrogen) atoms. The molecule has 0 heterocycles. The minimum absolute atomic E-state index is 0.230. The van der Waals surface area contributed by atoms with Crippen LogP contribution in [0.25, 0.3) is 0 Å². The number of hydrogen-bond acceptors (Lipinski definition) is 2. The molecule has 4 heteroatoms. The number of carbonyl (C=O) groups is 1. The SMILES string of the molecule is CC(Br)C(=O)OC(C)(C)Cc1ccc(Br)cc1. The molecule has 1 rings (SSSR count). The van der Waals surface area contributed by atoms with Gasteiger partial charge in [0.05, 0.1) is 0 Å². The normalized spacial score (nSPS) is 13.2. The second kappa shape index (κ2) is 6.01. The minimum atomic E-state index is -0.493. The largest absolute Gasteiger partial charge is 0.458 e. The Balaban J connectivity index is 2.66. The van der Waals surface area contributed by atoms with Crippen LogP contribution in [0.4, 0.5) is 0 Å². The molecule has 0 bridgehead atoms. The summed E-state index contributed by atoms with van der Waals surface area (Å²) < 4.78 is 6.48. The van der Waals surface area contributed by atoms with E-state index in [9.17, 15) is 4.79 Å². The summed E-state index contributed by atoms with van der Waals surface area (Å²) in [4.78, 5) is 11.3. The predicted molar refractivity (Wildman–Crippen MR) is 76.4 cm³/mol. The molecule has 0 N–H and O–H groups in total. The lowest BCUT2D eigenvalue weighted by Gasteiger charge is -2.26. The first-order valence-electron chi connectivity index (χ1n) is 5.41. The standard InChI is InChI=1S/C13H16Br2O2/c1-9(14)12(16)17-13(2,3)8-10-4-6-11(15)7-5-10/h4-7,9H,8H2,1-3H3. The Morgan fingerprint density at radius 2 is 1.88 bits per heavy atom. The molecule has 0 fully saturated rings. The fourth-order valence-electron chi connectivity index (χ4n) is 1.48. The van der Waals surface area contributed by atoms with E-state index in [1.54, 1.807) is 6.92 Å². The van der Waals surface area contributed by atoms with E-state index in [1.807, 2.05) is 38.1 Å². The Morgan fingerprint density at radius 3 is 2.35 bits per heavy atom. The lowest BCUT2D eigenvalue weighted by Crippen LogP contribution is -2.33. The number of carbonyl (C=O) groups excluding carboxylic acids is 1. The molecule has 1 unspecified atom stereocenters. The highest BCUT2D eigenvalue weighted by atomic mass is 79.9. The Bertz CT molecular complexity index is 383. The van der Waals surface area contributed by atoms with Crippen molar-refractivity contribution < 1.29 is 9.53 Å². The van der Waals surface area contributed by atoms with E-state index in [1.165, 1.54) is 0 Å². The third kappa shape index (κ3) is 5.21. The van der Waals surface area contributed by atoms with Crippen molar-refractivity contribution >= 4 is 37.8 Å². The van der Waals surface area contributed by atoms with Crippen LogP contribution in [0.3, 0.4) is 0 Å². The van der Waals surface area contributed by atoms with Crippen molar-refractivity contribution in [2.45, 2.75) is 37.6 Å². The van der Waals surface area contributed by atoms with Gasteiger partial charge < -0.3 is 4.74 Å². The quantitative estimate of drug-likeness (QED) is 0.594. The molecule has 0 saturated heterocycles. The Morgan fingerprint density at radius 1 is 1.35 bits per heavy atom. The third-order valence-corrected chi connectivity index (χ3v) is 3.15. The smallest absolute Gasteiger partial charge is 0.319 e. The van der Waals surface area contributed by atoms with Crippen molar-refractivity contribution in [1.29, 1.82) is 0 Å². The Labute approximate surface area is 119 Å². The van der Waals surface area contributed by atoms with Crippen LogP contribution in [0.5, 0.6) is 0 Å². The maximum absolute atomic E-state index is 11.5. The second-order valence-electron chi connectivity index (χ2n) is 4.60. The maximum Gasteiger partial charge on any atom is 0.319 e. The van der Waals surface area contributed by atoms with Gasteiger partial charge in [-0.1, -0.05) is 44.0 Å². The van der Waals surface area contributed by atoms with Crippen molar-refractivity contribution in [2.24, 2.45) is 0 Å². The number of ether oxygens (including phenoxy) is 1. The highest BCUT2D eigenvalue weighted by Gasteiger charge is 2.25. The molecule has 0 amide bonds. The molecule has 94 valence electrons. The van der Waals surface area contributed by atoms with E-state index < -0.39 is 5.60 Å². The number of rotatable bonds is 4. The summed E-state index contributed by atoms with van der Waals surface area (Å²) in [5.41, 5.74) is 0.653. The second-order valence-corrected chi connectivity index (χ2v) is 6.89. The van der Waals surface area contributed by atoms with E-state index in [-0.39, 0.29) is 10.8 Å². The van der Waals surface area contributed by atoms with Gasteiger partial charge in [-0.25, -0.2) is 0 Å². The fourth-order valence-corrected chi connectivity index (χ4v) is 1.84. The molecule has 0 aromatic heterocycles. The summed E-state index contributed by atoms with van der Waals surface area (Å²) in [5, 5.41) is 0. The van der Waals surface area contributed by atoms with Crippen molar-refractivity contribution in [3.05, 3.63) is 34.3 Å². The average Bonchev–Trinajstić information content (AvgIpc) is 2.20. The number of halogens is 2. The molecule has 0 aliphatic rings. The van der Waals surface area contributed by atoms with E-state index >= 15 is 0 Å². The lowest BCUT2D eigenvalue weighted by atomic mass is 9.98. The molecule has 1 atom stereocenters. The van der Waals surface area contributed by atoms with E-state index in [0.717, 1.165) is 10.0 Å². The lowest BCUT2D eigenvalue weighted by molar-refractivity contribution is -0.155. The van der Waals surface area contributed by atoms with Crippen LogP contribution in [0.1, 0.15) is 26.3 Å². The van der Waals surface area contributed by atoms with E-state index in [2.05, 4.69) is 31.9 Å². The van der Waals surface area contributed by atoms with E-state index in [0.29, 0.717) is 6.42 Å². The molecule has 1 aromatic rings. The van der Waals surface area contributed by atoms with Crippen LogP contribution in [0.2, 0.25) is 0 Å². The molecular weight excluding hydrogens is 348 g/mol. The molecule has 0 spiro atoms. The average molecular weight is 364 g/mol. The Kier molecular flexibility index (Phi) is 5.20. The van der Waals surface area contributed by atoms with Crippen molar-refractivity contribution in [1.82, 2.24) is 0 Å². The predicted octanol–water partition coefficient (Wildman–Crippen LogP) is 4.10. The van der Waals surface area contributed by atoms with Crippen molar-refractivity contribution in [3.8, 4) is 0 Å². The van der Waals surface area contributed by atoms with Crippen LogP contribution < -0.4 is 0 Å². The molecular formula is C13H16Br2O2. The zero-order valence-electron chi connectivity index (χ0n) is 10.2. The number of benzene rings is 1. The first-order valence-corrected chi connectivity index (χ1v) is 7.12. The molecule has 0 radical (unpaired) electrons. The zero-order valence-corrected chi connectivity index (χ0v) is 13.3. The summed E-state index contributed by atoms with van der Waals surface area (Å²) in [5.74, 6) is -0.230. The van der Waals surface area contributed by atoms with Gasteiger partial charge in [0.25, 0.3) is 0 Å². The summed E-state index contributed by atoms with van der Waals surface area (Å²) in [6.07, 6.45) is 0.700. The van der Waals surface area contributed by atoms with Gasteiger partial charge in [0, 0.05) is 10.9 Å². The number of esters is 1. The fraction of sp³-hybridized carbons (Fsp3) is 0.462. The number of alkyl halides is 1. The van der Waals surface area contributed by atoms with E-state index in [4.69, 9.17) is 4.74 Å². The first-order chi connectivity index (χ1) is 7.80. The van der Waals surface area contributed by atoms with Gasteiger partial charge in [-0.05, 0) is 38.5 Å². The van der Waals surface area contributed by atoms with Gasteiger partial charge in [0.1, 0.15) is 10.4 Å². The highest BCUT2D eigenvalue weighted by molar-refractivity contribution is 9.10. The molecule has 1 aromatic carbocycles. The van der Waals surface area contributed by atoms with Crippen LogP contribution in [-0.4, -0.2) is 16.4 Å². The van der Waals surface area contributed by atoms with Crippen LogP contribution in [0, 0.1) is 0 Å². The summed E-state index contributed by atoms with van der Waals surface area (Å²) >= 11 is 6.60. The molecule has 0 aliphatic heterocycles. The van der Waals surface area contributed by atoms with Crippen molar-refractivity contribution in [2.75, 3.05) is 0 Å². The highest BCUT2D eigenvalue weighted by Crippen LogP contribution is 2.20. The summed E-state index contributed by atoms with van der Waals surface area (Å²) in [6, 6.07) is 8.02. The van der Waals surface area contributed by atoms with Crippen molar-refractivity contribution in [3.63, 3.8) is 0 Å².